The number of halogens is 2. The molecule has 1 N–H and O–H groups in total. The second kappa shape index (κ2) is 8.63. The second-order valence-electron chi connectivity index (χ2n) is 7.65. The van der Waals surface area contributed by atoms with Gasteiger partial charge in [-0.2, -0.15) is 0 Å². The number of hydrogen-bond acceptors (Lipinski definition) is 4. The van der Waals surface area contributed by atoms with Crippen molar-refractivity contribution >= 4 is 23.5 Å². The SMILES string of the molecule is Cc1ccc(C(=O)NC2CC2)cc1CC(=O)c1cnc(Sc2ccc(F)cc2F)n1C. The van der Waals surface area contributed by atoms with Crippen LogP contribution in [0.25, 0.3) is 0 Å². The summed E-state index contributed by atoms with van der Waals surface area (Å²) in [5, 5.41) is 3.37. The molecule has 0 atom stereocenters. The average molecular weight is 442 g/mol. The molecule has 160 valence electrons. The van der Waals surface area contributed by atoms with Crippen molar-refractivity contribution in [2.45, 2.75) is 42.3 Å². The summed E-state index contributed by atoms with van der Waals surface area (Å²) in [5.74, 6) is -1.63. The van der Waals surface area contributed by atoms with E-state index in [2.05, 4.69) is 10.3 Å². The van der Waals surface area contributed by atoms with Crippen LogP contribution in [0.1, 0.15) is 44.8 Å². The third-order valence-electron chi connectivity index (χ3n) is 5.20. The van der Waals surface area contributed by atoms with Gasteiger partial charge in [0, 0.05) is 31.1 Å². The van der Waals surface area contributed by atoms with Gasteiger partial charge in [-0.15, -0.1) is 0 Å². The molecule has 0 aliphatic heterocycles. The first kappa shape index (κ1) is 21.2. The van der Waals surface area contributed by atoms with Crippen LogP contribution >= 0.6 is 11.8 Å². The largest absolute Gasteiger partial charge is 0.349 e. The Balaban J connectivity index is 1.50. The van der Waals surface area contributed by atoms with E-state index in [0.29, 0.717) is 16.4 Å². The first-order valence-corrected chi connectivity index (χ1v) is 10.7. The molecule has 0 bridgehead atoms. The fraction of sp³-hybridized carbons (Fsp3) is 0.261. The van der Waals surface area contributed by atoms with Crippen molar-refractivity contribution in [3.63, 3.8) is 0 Å². The van der Waals surface area contributed by atoms with Crippen molar-refractivity contribution in [3.05, 3.63) is 76.6 Å². The highest BCUT2D eigenvalue weighted by atomic mass is 32.2. The van der Waals surface area contributed by atoms with Crippen molar-refractivity contribution in [2.75, 3.05) is 0 Å². The smallest absolute Gasteiger partial charge is 0.251 e. The Morgan fingerprint density at radius 1 is 1.19 bits per heavy atom. The average Bonchev–Trinajstić information content (AvgIpc) is 3.46. The summed E-state index contributed by atoms with van der Waals surface area (Å²) in [6, 6.07) is 8.94. The van der Waals surface area contributed by atoms with E-state index >= 15 is 0 Å². The number of imidazole rings is 1. The van der Waals surface area contributed by atoms with Gasteiger partial charge in [-0.25, -0.2) is 13.8 Å². The predicted octanol–water partition coefficient (Wildman–Crippen LogP) is 4.48. The van der Waals surface area contributed by atoms with Crippen molar-refractivity contribution in [1.82, 2.24) is 14.9 Å². The molecular weight excluding hydrogens is 420 g/mol. The number of nitrogens with one attached hydrogen (secondary N) is 1. The summed E-state index contributed by atoms with van der Waals surface area (Å²) in [7, 11) is 1.68. The number of carbonyl (C=O) groups is 2. The van der Waals surface area contributed by atoms with Crippen molar-refractivity contribution in [2.24, 2.45) is 7.05 Å². The lowest BCUT2D eigenvalue weighted by Gasteiger charge is -2.10. The molecule has 1 fully saturated rings. The third kappa shape index (κ3) is 4.85. The zero-order chi connectivity index (χ0) is 22.1. The van der Waals surface area contributed by atoms with Crippen LogP contribution in [0.15, 0.2) is 52.6 Å². The monoisotopic (exact) mass is 441 g/mol. The highest BCUT2D eigenvalue weighted by Crippen LogP contribution is 2.30. The van der Waals surface area contributed by atoms with E-state index in [1.165, 1.54) is 18.3 Å². The van der Waals surface area contributed by atoms with Gasteiger partial charge >= 0.3 is 0 Å². The van der Waals surface area contributed by atoms with Gasteiger partial charge in [-0.05, 0) is 66.9 Å². The number of carbonyl (C=O) groups excluding carboxylic acids is 2. The van der Waals surface area contributed by atoms with Crippen LogP contribution in [0.2, 0.25) is 0 Å². The number of rotatable bonds is 7. The summed E-state index contributed by atoms with van der Waals surface area (Å²) < 4.78 is 28.7. The zero-order valence-electron chi connectivity index (χ0n) is 17.1. The van der Waals surface area contributed by atoms with E-state index in [0.717, 1.165) is 41.8 Å². The van der Waals surface area contributed by atoms with Crippen LogP contribution in [0.4, 0.5) is 8.78 Å². The van der Waals surface area contributed by atoms with Gasteiger partial charge in [-0.3, -0.25) is 9.59 Å². The van der Waals surface area contributed by atoms with E-state index in [9.17, 15) is 18.4 Å². The number of aromatic nitrogens is 2. The summed E-state index contributed by atoms with van der Waals surface area (Å²) >= 11 is 1.02. The number of aryl methyl sites for hydroxylation is 1. The van der Waals surface area contributed by atoms with Gasteiger partial charge in [-0.1, -0.05) is 6.07 Å². The minimum atomic E-state index is -0.683. The van der Waals surface area contributed by atoms with Crippen molar-refractivity contribution in [3.8, 4) is 0 Å². The Kier molecular flexibility index (Phi) is 5.91. The molecule has 1 aliphatic carbocycles. The van der Waals surface area contributed by atoms with Crippen LogP contribution in [0.3, 0.4) is 0 Å². The molecule has 1 saturated carbocycles. The Morgan fingerprint density at radius 2 is 1.97 bits per heavy atom. The van der Waals surface area contributed by atoms with E-state index in [4.69, 9.17) is 0 Å². The van der Waals surface area contributed by atoms with Gasteiger partial charge < -0.3 is 9.88 Å². The molecule has 5 nitrogen and oxygen atoms in total. The Morgan fingerprint density at radius 3 is 2.68 bits per heavy atom. The predicted molar refractivity (Wildman–Crippen MR) is 113 cm³/mol. The quantitative estimate of drug-likeness (QED) is 0.550. The van der Waals surface area contributed by atoms with Crippen LogP contribution in [0.5, 0.6) is 0 Å². The zero-order valence-corrected chi connectivity index (χ0v) is 17.9. The molecule has 2 aromatic carbocycles. The molecule has 3 aromatic rings. The summed E-state index contributed by atoms with van der Waals surface area (Å²) in [6.07, 6.45) is 3.58. The lowest BCUT2D eigenvalue weighted by Crippen LogP contribution is -2.25. The molecule has 0 saturated heterocycles. The molecule has 1 heterocycles. The fourth-order valence-electron chi connectivity index (χ4n) is 3.17. The van der Waals surface area contributed by atoms with Crippen LogP contribution < -0.4 is 5.32 Å². The maximum Gasteiger partial charge on any atom is 0.251 e. The van der Waals surface area contributed by atoms with Crippen LogP contribution in [-0.4, -0.2) is 27.3 Å². The molecule has 1 aliphatic rings. The maximum absolute atomic E-state index is 14.0. The highest BCUT2D eigenvalue weighted by Gasteiger charge is 2.24. The highest BCUT2D eigenvalue weighted by molar-refractivity contribution is 7.99. The van der Waals surface area contributed by atoms with Gasteiger partial charge in [0.25, 0.3) is 5.91 Å². The number of amides is 1. The molecule has 0 unspecified atom stereocenters. The van der Waals surface area contributed by atoms with Gasteiger partial charge in [0.15, 0.2) is 10.9 Å². The summed E-state index contributed by atoms with van der Waals surface area (Å²) in [5.41, 5.74) is 2.60. The Hall–Kier alpha value is -3.00. The first-order valence-electron chi connectivity index (χ1n) is 9.90. The standard InChI is InChI=1S/C23H21F2N3O2S/c1-13-3-4-14(22(30)27-17-6-7-17)9-15(13)10-20(29)19-12-26-23(28(19)2)31-21-8-5-16(24)11-18(21)25/h3-5,8-9,11-12,17H,6-7,10H2,1-2H3,(H,27,30). The number of Topliss-reactive ketones (excluding diaryl/α,β-unsaturated/α-hetero) is 1. The first-order chi connectivity index (χ1) is 14.8. The number of ketones is 1. The summed E-state index contributed by atoms with van der Waals surface area (Å²) in [6.45, 7) is 1.90. The Bertz CT molecular complexity index is 1170. The molecule has 8 heteroatoms. The van der Waals surface area contributed by atoms with Crippen LogP contribution in [0, 0.1) is 18.6 Å². The minimum Gasteiger partial charge on any atom is -0.349 e. The van der Waals surface area contributed by atoms with E-state index in [-0.39, 0.29) is 29.0 Å². The summed E-state index contributed by atoms with van der Waals surface area (Å²) in [4.78, 5) is 29.7. The van der Waals surface area contributed by atoms with Gasteiger partial charge in [0.2, 0.25) is 0 Å². The fourth-order valence-corrected chi connectivity index (χ4v) is 4.00. The second-order valence-corrected chi connectivity index (χ2v) is 8.66. The van der Waals surface area contributed by atoms with Gasteiger partial charge in [0.05, 0.1) is 11.1 Å². The van der Waals surface area contributed by atoms with E-state index in [1.807, 2.05) is 13.0 Å². The molecule has 31 heavy (non-hydrogen) atoms. The normalized spacial score (nSPS) is 13.3. The minimum absolute atomic E-state index is 0.116. The van der Waals surface area contributed by atoms with Crippen molar-refractivity contribution < 1.29 is 18.4 Å². The maximum atomic E-state index is 14.0. The van der Waals surface area contributed by atoms with E-state index < -0.39 is 11.6 Å². The number of benzene rings is 2. The number of nitrogens with zero attached hydrogens (tertiary/aromatic N) is 2. The number of hydrogen-bond donors (Lipinski definition) is 1. The molecule has 1 amide bonds. The molecular formula is C23H21F2N3O2S. The third-order valence-corrected chi connectivity index (χ3v) is 6.31. The van der Waals surface area contributed by atoms with Crippen molar-refractivity contribution in [1.29, 1.82) is 0 Å². The lowest BCUT2D eigenvalue weighted by atomic mass is 9.99. The van der Waals surface area contributed by atoms with Gasteiger partial charge in [0.1, 0.15) is 17.3 Å². The molecule has 4 rings (SSSR count). The molecule has 0 spiro atoms. The van der Waals surface area contributed by atoms with Crippen LogP contribution in [-0.2, 0) is 13.5 Å². The van der Waals surface area contributed by atoms with E-state index in [1.54, 1.807) is 23.7 Å². The Labute approximate surface area is 182 Å². The molecule has 1 aromatic heterocycles. The topological polar surface area (TPSA) is 64.0 Å². The molecule has 0 radical (unpaired) electrons. The lowest BCUT2D eigenvalue weighted by molar-refractivity contribution is 0.0947.